The molecule has 2 aromatic carbocycles. The molecule has 4 rings (SSSR count). The second-order valence-electron chi connectivity index (χ2n) is 6.91. The first-order valence-electron chi connectivity index (χ1n) is 9.37. The van der Waals surface area contributed by atoms with Gasteiger partial charge in [-0.2, -0.15) is 0 Å². The molecule has 1 aliphatic heterocycles. The van der Waals surface area contributed by atoms with Crippen LogP contribution < -0.4 is 5.32 Å². The van der Waals surface area contributed by atoms with E-state index in [2.05, 4.69) is 83.5 Å². The first kappa shape index (κ1) is 20.1. The van der Waals surface area contributed by atoms with Gasteiger partial charge in [0.2, 0.25) is 0 Å². The molecule has 0 aliphatic carbocycles. The first-order chi connectivity index (χ1) is 12.9. The third-order valence-electron chi connectivity index (χ3n) is 5.15. The summed E-state index contributed by atoms with van der Waals surface area (Å²) in [6, 6.07) is 26.3. The average Bonchev–Trinajstić information content (AvgIpc) is 3.23. The van der Waals surface area contributed by atoms with E-state index in [1.807, 2.05) is 11.3 Å². The molecule has 142 valence electrons. The van der Waals surface area contributed by atoms with Crippen molar-refractivity contribution >= 4 is 23.7 Å². The van der Waals surface area contributed by atoms with Crippen LogP contribution >= 0.6 is 23.7 Å². The standard InChI is InChI=1S/C23H25NOS.ClH/c1-3-8-18(9-4-1)23(19-10-5-2-6-11-19)22-14-13-20(17-25-22)24-16-21-12-7-15-26-21;/h1-12,15,20,22-24H,13-14,16-17H2;1H/t20-,22-;/m0./s1. The molecule has 27 heavy (non-hydrogen) atoms. The van der Waals surface area contributed by atoms with Gasteiger partial charge in [-0.15, -0.1) is 23.7 Å². The summed E-state index contributed by atoms with van der Waals surface area (Å²) in [7, 11) is 0. The Morgan fingerprint density at radius 2 is 1.56 bits per heavy atom. The number of hydrogen-bond acceptors (Lipinski definition) is 3. The minimum Gasteiger partial charge on any atom is -0.376 e. The highest BCUT2D eigenvalue weighted by atomic mass is 35.5. The van der Waals surface area contributed by atoms with E-state index < -0.39 is 0 Å². The van der Waals surface area contributed by atoms with Gasteiger partial charge in [-0.3, -0.25) is 0 Å². The van der Waals surface area contributed by atoms with Crippen LogP contribution in [0.4, 0.5) is 0 Å². The fourth-order valence-electron chi connectivity index (χ4n) is 3.80. The van der Waals surface area contributed by atoms with E-state index in [-0.39, 0.29) is 18.5 Å². The molecule has 0 saturated carbocycles. The predicted molar refractivity (Wildman–Crippen MR) is 116 cm³/mol. The molecule has 1 saturated heterocycles. The van der Waals surface area contributed by atoms with Gasteiger partial charge in [0.25, 0.3) is 0 Å². The molecule has 1 aromatic heterocycles. The zero-order chi connectivity index (χ0) is 17.6. The van der Waals surface area contributed by atoms with Gasteiger partial charge < -0.3 is 10.1 Å². The summed E-state index contributed by atoms with van der Waals surface area (Å²) in [5.74, 6) is 0.302. The summed E-state index contributed by atoms with van der Waals surface area (Å²) in [5, 5.41) is 5.78. The maximum absolute atomic E-state index is 6.37. The number of ether oxygens (including phenoxy) is 1. The van der Waals surface area contributed by atoms with E-state index >= 15 is 0 Å². The highest BCUT2D eigenvalue weighted by molar-refractivity contribution is 7.09. The fourth-order valence-corrected chi connectivity index (χ4v) is 4.45. The maximum atomic E-state index is 6.37. The van der Waals surface area contributed by atoms with Crippen molar-refractivity contribution in [3.63, 3.8) is 0 Å². The lowest BCUT2D eigenvalue weighted by atomic mass is 9.83. The van der Waals surface area contributed by atoms with Crippen LogP contribution in [0.2, 0.25) is 0 Å². The van der Waals surface area contributed by atoms with Crippen molar-refractivity contribution in [1.29, 1.82) is 0 Å². The quantitative estimate of drug-likeness (QED) is 0.579. The Hall–Kier alpha value is -1.65. The van der Waals surface area contributed by atoms with Crippen molar-refractivity contribution in [3.05, 3.63) is 94.2 Å². The topological polar surface area (TPSA) is 21.3 Å². The second-order valence-corrected chi connectivity index (χ2v) is 7.94. The Bertz CT molecular complexity index is 731. The van der Waals surface area contributed by atoms with Crippen LogP contribution in [-0.2, 0) is 11.3 Å². The van der Waals surface area contributed by atoms with Crippen molar-refractivity contribution in [1.82, 2.24) is 5.32 Å². The van der Waals surface area contributed by atoms with E-state index in [0.717, 1.165) is 26.0 Å². The van der Waals surface area contributed by atoms with Gasteiger partial charge in [-0.25, -0.2) is 0 Å². The van der Waals surface area contributed by atoms with Gasteiger partial charge in [-0.05, 0) is 35.4 Å². The van der Waals surface area contributed by atoms with Crippen LogP contribution in [0.3, 0.4) is 0 Å². The normalized spacial score (nSPS) is 19.6. The SMILES string of the molecule is Cl.c1ccc(C(c2ccccc2)[C@@H]2CC[C@H](NCc3cccs3)CO2)cc1. The van der Waals surface area contributed by atoms with E-state index in [0.29, 0.717) is 12.0 Å². The van der Waals surface area contributed by atoms with Crippen LogP contribution in [0, 0.1) is 0 Å². The van der Waals surface area contributed by atoms with Gasteiger partial charge in [0.15, 0.2) is 0 Å². The van der Waals surface area contributed by atoms with E-state index in [1.165, 1.54) is 16.0 Å². The van der Waals surface area contributed by atoms with Gasteiger partial charge >= 0.3 is 0 Å². The van der Waals surface area contributed by atoms with Crippen LogP contribution in [0.15, 0.2) is 78.2 Å². The lowest BCUT2D eigenvalue weighted by Gasteiger charge is -2.35. The van der Waals surface area contributed by atoms with E-state index in [4.69, 9.17) is 4.74 Å². The molecule has 2 atom stereocenters. The summed E-state index contributed by atoms with van der Waals surface area (Å²) in [6.45, 7) is 1.73. The molecule has 4 heteroatoms. The number of halogens is 1. The van der Waals surface area contributed by atoms with Crippen molar-refractivity contribution in [3.8, 4) is 0 Å². The number of hydrogen-bond donors (Lipinski definition) is 1. The van der Waals surface area contributed by atoms with Crippen molar-refractivity contribution in [2.75, 3.05) is 6.61 Å². The Balaban J connectivity index is 0.00000210. The third-order valence-corrected chi connectivity index (χ3v) is 6.02. The Morgan fingerprint density at radius 1 is 0.889 bits per heavy atom. The molecule has 1 N–H and O–H groups in total. The summed E-state index contributed by atoms with van der Waals surface area (Å²) in [6.07, 6.45) is 2.47. The maximum Gasteiger partial charge on any atom is 0.0685 e. The highest BCUT2D eigenvalue weighted by Crippen LogP contribution is 2.34. The molecule has 2 heterocycles. The molecule has 0 unspecified atom stereocenters. The summed E-state index contributed by atoms with van der Waals surface area (Å²) < 4.78 is 6.37. The van der Waals surface area contributed by atoms with Crippen molar-refractivity contribution in [2.24, 2.45) is 0 Å². The zero-order valence-electron chi connectivity index (χ0n) is 15.3. The number of nitrogens with one attached hydrogen (secondary N) is 1. The average molecular weight is 400 g/mol. The largest absolute Gasteiger partial charge is 0.376 e. The molecule has 2 nitrogen and oxygen atoms in total. The predicted octanol–water partition coefficient (Wildman–Crippen LogP) is 5.64. The lowest BCUT2D eigenvalue weighted by Crippen LogP contribution is -2.41. The molecule has 0 spiro atoms. The second kappa shape index (κ2) is 10.0. The highest BCUT2D eigenvalue weighted by Gasteiger charge is 2.30. The molecule has 0 bridgehead atoms. The Morgan fingerprint density at radius 3 is 2.07 bits per heavy atom. The summed E-state index contributed by atoms with van der Waals surface area (Å²) in [5.41, 5.74) is 2.68. The number of thiophene rings is 1. The van der Waals surface area contributed by atoms with Crippen LogP contribution in [0.1, 0.15) is 34.8 Å². The van der Waals surface area contributed by atoms with Gasteiger partial charge in [0, 0.05) is 23.4 Å². The Kier molecular flexibility index (Phi) is 7.48. The number of rotatable bonds is 6. The van der Waals surface area contributed by atoms with E-state index in [9.17, 15) is 0 Å². The fraction of sp³-hybridized carbons (Fsp3) is 0.304. The third kappa shape index (κ3) is 5.20. The smallest absolute Gasteiger partial charge is 0.0685 e. The monoisotopic (exact) mass is 399 g/mol. The minimum atomic E-state index is 0. The van der Waals surface area contributed by atoms with Gasteiger partial charge in [0.1, 0.15) is 0 Å². The summed E-state index contributed by atoms with van der Waals surface area (Å²) >= 11 is 1.81. The van der Waals surface area contributed by atoms with Crippen LogP contribution in [0.25, 0.3) is 0 Å². The van der Waals surface area contributed by atoms with Gasteiger partial charge in [-0.1, -0.05) is 66.7 Å². The van der Waals surface area contributed by atoms with Crippen LogP contribution in [0.5, 0.6) is 0 Å². The molecule has 1 fully saturated rings. The van der Waals surface area contributed by atoms with Crippen LogP contribution in [-0.4, -0.2) is 18.8 Å². The molecular formula is C23H26ClNOS. The molecule has 0 amide bonds. The minimum absolute atomic E-state index is 0. The van der Waals surface area contributed by atoms with Crippen molar-refractivity contribution in [2.45, 2.75) is 37.5 Å². The van der Waals surface area contributed by atoms with Crippen molar-refractivity contribution < 1.29 is 4.74 Å². The molecule has 0 radical (unpaired) electrons. The molecule has 3 aromatic rings. The Labute approximate surface area is 172 Å². The molecule has 1 aliphatic rings. The van der Waals surface area contributed by atoms with Gasteiger partial charge in [0.05, 0.1) is 12.7 Å². The summed E-state index contributed by atoms with van der Waals surface area (Å²) in [4.78, 5) is 1.39. The molecular weight excluding hydrogens is 374 g/mol. The number of benzene rings is 2. The first-order valence-corrected chi connectivity index (χ1v) is 10.3. The van der Waals surface area contributed by atoms with E-state index in [1.54, 1.807) is 0 Å². The zero-order valence-corrected chi connectivity index (χ0v) is 16.9. The lowest BCUT2D eigenvalue weighted by molar-refractivity contribution is -0.0116.